The Kier molecular flexibility index (Phi) is 1.62. The number of hydrogen-bond acceptors (Lipinski definition) is 2. The minimum absolute atomic E-state index is 0.370. The molecule has 0 spiro atoms. The van der Waals surface area contributed by atoms with E-state index in [0.717, 1.165) is 12.7 Å². The maximum atomic E-state index is 11.6. The van der Waals surface area contributed by atoms with Gasteiger partial charge < -0.3 is 4.90 Å². The zero-order valence-electron chi connectivity index (χ0n) is 7.91. The van der Waals surface area contributed by atoms with Crippen LogP contribution in [0.1, 0.15) is 32.1 Å². The molecule has 1 heterocycles. The maximum Gasteiger partial charge on any atom is 0.238 e. The van der Waals surface area contributed by atoms with Crippen LogP contribution in [0.5, 0.6) is 0 Å². The fourth-order valence-corrected chi connectivity index (χ4v) is 2.29. The molecule has 3 nitrogen and oxygen atoms in total. The summed E-state index contributed by atoms with van der Waals surface area (Å²) in [5, 5.41) is 0. The summed E-state index contributed by atoms with van der Waals surface area (Å²) in [6, 6.07) is 1.34. The van der Waals surface area contributed by atoms with Gasteiger partial charge in [0.2, 0.25) is 5.91 Å². The second-order valence-corrected chi connectivity index (χ2v) is 4.57. The third kappa shape index (κ3) is 1.26. The molecule has 1 amide bonds. The van der Waals surface area contributed by atoms with Crippen molar-refractivity contribution in [2.75, 3.05) is 13.2 Å². The van der Waals surface area contributed by atoms with Crippen molar-refractivity contribution < 1.29 is 4.79 Å². The largest absolute Gasteiger partial charge is 0.326 e. The average Bonchev–Trinajstić information content (AvgIpc) is 2.74. The molecular formula is C10H16N2O. The number of carbonyl (C=O) groups excluding carboxylic acids is 1. The number of hydrogen-bond donors (Lipinski definition) is 0. The Hall–Kier alpha value is -0.570. The highest BCUT2D eigenvalue weighted by Gasteiger charge is 2.41. The molecule has 3 fully saturated rings. The Morgan fingerprint density at radius 2 is 1.85 bits per heavy atom. The van der Waals surface area contributed by atoms with E-state index in [2.05, 4.69) is 9.80 Å². The molecule has 0 bridgehead atoms. The van der Waals surface area contributed by atoms with Crippen LogP contribution in [0.2, 0.25) is 0 Å². The highest BCUT2D eigenvalue weighted by molar-refractivity contribution is 5.80. The van der Waals surface area contributed by atoms with Crippen LogP contribution >= 0.6 is 0 Å². The molecule has 3 aliphatic rings. The van der Waals surface area contributed by atoms with Gasteiger partial charge in [-0.3, -0.25) is 9.69 Å². The van der Waals surface area contributed by atoms with Crippen molar-refractivity contribution in [1.29, 1.82) is 0 Å². The first-order chi connectivity index (χ1) is 6.34. The topological polar surface area (TPSA) is 23.6 Å². The summed E-state index contributed by atoms with van der Waals surface area (Å²) in [6.45, 7) is 1.62. The highest BCUT2D eigenvalue weighted by atomic mass is 16.2. The van der Waals surface area contributed by atoms with E-state index in [-0.39, 0.29) is 0 Å². The summed E-state index contributed by atoms with van der Waals surface area (Å²) in [7, 11) is 0. The van der Waals surface area contributed by atoms with Gasteiger partial charge in [-0.2, -0.15) is 0 Å². The third-order valence-corrected chi connectivity index (χ3v) is 3.57. The molecule has 3 rings (SSSR count). The molecule has 3 heteroatoms. The molecule has 0 atom stereocenters. The van der Waals surface area contributed by atoms with Crippen LogP contribution in [0.15, 0.2) is 0 Å². The second-order valence-electron chi connectivity index (χ2n) is 4.57. The van der Waals surface area contributed by atoms with Crippen LogP contribution in [0.4, 0.5) is 0 Å². The van der Waals surface area contributed by atoms with Gasteiger partial charge in [0, 0.05) is 12.1 Å². The van der Waals surface area contributed by atoms with Crippen LogP contribution in [0, 0.1) is 0 Å². The fourth-order valence-electron chi connectivity index (χ4n) is 2.29. The van der Waals surface area contributed by atoms with Gasteiger partial charge in [0.25, 0.3) is 0 Å². The van der Waals surface area contributed by atoms with E-state index >= 15 is 0 Å². The summed E-state index contributed by atoms with van der Waals surface area (Å²) < 4.78 is 0. The minimum Gasteiger partial charge on any atom is -0.326 e. The Balaban J connectivity index is 1.64. The Morgan fingerprint density at radius 3 is 2.38 bits per heavy atom. The molecule has 72 valence electrons. The standard InChI is InChI=1S/C10H16N2O/c13-10-6-11(8-2-1-3-8)7-12(10)9-4-5-9/h8-9H,1-7H2. The third-order valence-electron chi connectivity index (χ3n) is 3.57. The number of carbonyl (C=O) groups is 1. The molecule has 1 aliphatic heterocycles. The van der Waals surface area contributed by atoms with Gasteiger partial charge in [-0.25, -0.2) is 0 Å². The molecule has 2 saturated carbocycles. The van der Waals surface area contributed by atoms with Crippen molar-refractivity contribution in [2.45, 2.75) is 44.2 Å². The molecule has 0 unspecified atom stereocenters. The SMILES string of the molecule is O=C1CN(C2CCC2)CN1C1CC1. The Morgan fingerprint density at radius 1 is 1.08 bits per heavy atom. The maximum absolute atomic E-state index is 11.6. The van der Waals surface area contributed by atoms with Gasteiger partial charge in [-0.1, -0.05) is 6.42 Å². The van der Waals surface area contributed by atoms with Gasteiger partial charge in [0.15, 0.2) is 0 Å². The van der Waals surface area contributed by atoms with E-state index in [4.69, 9.17) is 0 Å². The highest BCUT2D eigenvalue weighted by Crippen LogP contribution is 2.33. The fraction of sp³-hybridized carbons (Fsp3) is 0.900. The monoisotopic (exact) mass is 180 g/mol. The Labute approximate surface area is 78.7 Å². The van der Waals surface area contributed by atoms with Crippen LogP contribution in [-0.4, -0.2) is 41.0 Å². The van der Waals surface area contributed by atoms with E-state index in [1.54, 1.807) is 0 Å². The molecule has 0 aromatic carbocycles. The first-order valence-corrected chi connectivity index (χ1v) is 5.38. The number of amides is 1. The summed E-state index contributed by atoms with van der Waals surface area (Å²) in [6.07, 6.45) is 6.46. The van der Waals surface area contributed by atoms with E-state index < -0.39 is 0 Å². The molecule has 2 aliphatic carbocycles. The van der Waals surface area contributed by atoms with Gasteiger partial charge in [0.1, 0.15) is 0 Å². The average molecular weight is 180 g/mol. The van der Waals surface area contributed by atoms with Crippen molar-refractivity contribution in [3.63, 3.8) is 0 Å². The minimum atomic E-state index is 0.370. The molecule has 0 aromatic rings. The van der Waals surface area contributed by atoms with E-state index in [0.29, 0.717) is 18.5 Å². The molecule has 0 radical (unpaired) electrons. The first kappa shape index (κ1) is 7.80. The van der Waals surface area contributed by atoms with Crippen molar-refractivity contribution in [1.82, 2.24) is 9.80 Å². The quantitative estimate of drug-likeness (QED) is 0.627. The normalized spacial score (nSPS) is 31.1. The van der Waals surface area contributed by atoms with Gasteiger partial charge in [0.05, 0.1) is 13.2 Å². The van der Waals surface area contributed by atoms with E-state index in [1.807, 2.05) is 0 Å². The lowest BCUT2D eigenvalue weighted by atomic mass is 9.92. The molecule has 13 heavy (non-hydrogen) atoms. The van der Waals surface area contributed by atoms with Crippen LogP contribution < -0.4 is 0 Å². The Bertz CT molecular complexity index is 233. The predicted molar refractivity (Wildman–Crippen MR) is 49.1 cm³/mol. The zero-order chi connectivity index (χ0) is 8.84. The van der Waals surface area contributed by atoms with E-state index in [1.165, 1.54) is 32.1 Å². The van der Waals surface area contributed by atoms with Gasteiger partial charge in [-0.15, -0.1) is 0 Å². The van der Waals surface area contributed by atoms with Crippen LogP contribution in [-0.2, 0) is 4.79 Å². The van der Waals surface area contributed by atoms with Crippen LogP contribution in [0.3, 0.4) is 0 Å². The van der Waals surface area contributed by atoms with Crippen molar-refractivity contribution in [3.05, 3.63) is 0 Å². The van der Waals surface area contributed by atoms with Crippen molar-refractivity contribution in [3.8, 4) is 0 Å². The number of nitrogens with zero attached hydrogens (tertiary/aromatic N) is 2. The summed E-state index contributed by atoms with van der Waals surface area (Å²) in [5.41, 5.74) is 0. The van der Waals surface area contributed by atoms with Crippen LogP contribution in [0.25, 0.3) is 0 Å². The van der Waals surface area contributed by atoms with Gasteiger partial charge >= 0.3 is 0 Å². The lowest BCUT2D eigenvalue weighted by molar-refractivity contribution is -0.127. The van der Waals surface area contributed by atoms with Gasteiger partial charge in [-0.05, 0) is 25.7 Å². The summed E-state index contributed by atoms with van der Waals surface area (Å²) >= 11 is 0. The molecule has 0 N–H and O–H groups in total. The van der Waals surface area contributed by atoms with E-state index in [9.17, 15) is 4.79 Å². The smallest absolute Gasteiger partial charge is 0.238 e. The molecular weight excluding hydrogens is 164 g/mol. The number of rotatable bonds is 2. The van der Waals surface area contributed by atoms with Crippen molar-refractivity contribution in [2.24, 2.45) is 0 Å². The predicted octanol–water partition coefficient (Wildman–Crippen LogP) is 0.803. The first-order valence-electron chi connectivity index (χ1n) is 5.38. The second kappa shape index (κ2) is 2.71. The van der Waals surface area contributed by atoms with Crippen molar-refractivity contribution >= 4 is 5.91 Å². The summed E-state index contributed by atoms with van der Waals surface area (Å²) in [4.78, 5) is 16.0. The lowest BCUT2D eigenvalue weighted by Crippen LogP contribution is -2.39. The molecule has 1 saturated heterocycles. The summed E-state index contributed by atoms with van der Waals surface area (Å²) in [5.74, 6) is 0.370. The lowest BCUT2D eigenvalue weighted by Gasteiger charge is -2.33. The molecule has 0 aromatic heterocycles. The zero-order valence-corrected chi connectivity index (χ0v) is 7.91.